The molecular formula is C17H27N. The van der Waals surface area contributed by atoms with Crippen LogP contribution in [0.5, 0.6) is 0 Å². The van der Waals surface area contributed by atoms with Gasteiger partial charge in [-0.05, 0) is 48.3 Å². The Morgan fingerprint density at radius 2 is 1.83 bits per heavy atom. The van der Waals surface area contributed by atoms with Crippen molar-refractivity contribution in [3.8, 4) is 0 Å². The zero-order valence-electron chi connectivity index (χ0n) is 12.3. The predicted octanol–water partition coefficient (Wildman–Crippen LogP) is 3.91. The summed E-state index contributed by atoms with van der Waals surface area (Å²) in [5.74, 6) is 0.880. The van der Waals surface area contributed by atoms with Crippen molar-refractivity contribution in [2.75, 3.05) is 6.54 Å². The van der Waals surface area contributed by atoms with Gasteiger partial charge in [-0.1, -0.05) is 52.0 Å². The molecule has 1 fully saturated rings. The number of rotatable bonds is 2. The summed E-state index contributed by atoms with van der Waals surface area (Å²) in [5.41, 5.74) is 3.15. The Kier molecular flexibility index (Phi) is 4.11. The van der Waals surface area contributed by atoms with E-state index in [1.165, 1.54) is 36.9 Å². The second kappa shape index (κ2) is 5.44. The van der Waals surface area contributed by atoms with E-state index in [2.05, 4.69) is 57.3 Å². The summed E-state index contributed by atoms with van der Waals surface area (Å²) < 4.78 is 0. The second-order valence-electron chi connectivity index (χ2n) is 6.93. The zero-order valence-corrected chi connectivity index (χ0v) is 12.3. The van der Waals surface area contributed by atoms with Crippen LogP contribution in [0.4, 0.5) is 0 Å². The Morgan fingerprint density at radius 3 is 2.39 bits per heavy atom. The fourth-order valence-corrected chi connectivity index (χ4v) is 2.80. The van der Waals surface area contributed by atoms with E-state index in [1.54, 1.807) is 0 Å². The molecule has 0 bridgehead atoms. The predicted molar refractivity (Wildman–Crippen MR) is 79.0 cm³/mol. The summed E-state index contributed by atoms with van der Waals surface area (Å²) in [6, 6.07) is 9.88. The van der Waals surface area contributed by atoms with Crippen molar-refractivity contribution in [3.63, 3.8) is 0 Å². The summed E-state index contributed by atoms with van der Waals surface area (Å²) in [6.07, 6.45) is 3.83. The summed E-state index contributed by atoms with van der Waals surface area (Å²) in [6.45, 7) is 10.4. The van der Waals surface area contributed by atoms with E-state index in [0.717, 1.165) is 5.92 Å². The van der Waals surface area contributed by atoms with E-state index in [4.69, 9.17) is 0 Å². The van der Waals surface area contributed by atoms with E-state index < -0.39 is 0 Å². The molecule has 1 aliphatic heterocycles. The standard InChI is InChI=1S/C17H27N/c1-13-9-10-18-16(11-13)12-14-5-7-15(8-6-14)17(2,3)4/h5-8,13,16,18H,9-12H2,1-4H3. The maximum absolute atomic E-state index is 3.64. The molecular weight excluding hydrogens is 218 g/mol. The third-order valence-corrected chi connectivity index (χ3v) is 4.06. The van der Waals surface area contributed by atoms with Crippen LogP contribution in [0, 0.1) is 5.92 Å². The molecule has 2 atom stereocenters. The van der Waals surface area contributed by atoms with Crippen molar-refractivity contribution in [2.45, 2.75) is 58.4 Å². The Bertz CT molecular complexity index is 372. The molecule has 1 heterocycles. The van der Waals surface area contributed by atoms with Gasteiger partial charge in [0, 0.05) is 6.04 Å². The van der Waals surface area contributed by atoms with Gasteiger partial charge in [-0.3, -0.25) is 0 Å². The molecule has 2 rings (SSSR count). The Balaban J connectivity index is 1.98. The van der Waals surface area contributed by atoms with Gasteiger partial charge in [-0.15, -0.1) is 0 Å². The van der Waals surface area contributed by atoms with Gasteiger partial charge in [0.15, 0.2) is 0 Å². The summed E-state index contributed by atoms with van der Waals surface area (Å²) in [5, 5.41) is 3.64. The molecule has 0 amide bonds. The molecule has 1 aromatic carbocycles. The Morgan fingerprint density at radius 1 is 1.17 bits per heavy atom. The molecule has 1 aliphatic rings. The van der Waals surface area contributed by atoms with Crippen molar-refractivity contribution >= 4 is 0 Å². The van der Waals surface area contributed by atoms with Crippen LogP contribution in [0.25, 0.3) is 0 Å². The van der Waals surface area contributed by atoms with Crippen LogP contribution < -0.4 is 5.32 Å². The van der Waals surface area contributed by atoms with E-state index >= 15 is 0 Å². The molecule has 1 heteroatoms. The monoisotopic (exact) mass is 245 g/mol. The van der Waals surface area contributed by atoms with E-state index in [9.17, 15) is 0 Å². The smallest absolute Gasteiger partial charge is 0.0110 e. The third kappa shape index (κ3) is 3.58. The molecule has 18 heavy (non-hydrogen) atoms. The lowest BCUT2D eigenvalue weighted by Gasteiger charge is -2.28. The number of benzene rings is 1. The van der Waals surface area contributed by atoms with Gasteiger partial charge < -0.3 is 5.32 Å². The van der Waals surface area contributed by atoms with Gasteiger partial charge in [-0.2, -0.15) is 0 Å². The van der Waals surface area contributed by atoms with Crippen LogP contribution in [-0.4, -0.2) is 12.6 Å². The highest BCUT2D eigenvalue weighted by molar-refractivity contribution is 5.28. The first-order valence-electron chi connectivity index (χ1n) is 7.28. The molecule has 2 unspecified atom stereocenters. The summed E-state index contributed by atoms with van der Waals surface area (Å²) in [4.78, 5) is 0. The molecule has 1 nitrogen and oxygen atoms in total. The number of hydrogen-bond donors (Lipinski definition) is 1. The highest BCUT2D eigenvalue weighted by Crippen LogP contribution is 2.23. The first-order valence-corrected chi connectivity index (χ1v) is 7.28. The van der Waals surface area contributed by atoms with Gasteiger partial charge >= 0.3 is 0 Å². The highest BCUT2D eigenvalue weighted by atomic mass is 14.9. The maximum Gasteiger partial charge on any atom is 0.0110 e. The maximum atomic E-state index is 3.64. The quantitative estimate of drug-likeness (QED) is 0.833. The van der Waals surface area contributed by atoms with Crippen LogP contribution in [-0.2, 0) is 11.8 Å². The van der Waals surface area contributed by atoms with E-state index in [-0.39, 0.29) is 5.41 Å². The van der Waals surface area contributed by atoms with Gasteiger partial charge in [0.1, 0.15) is 0 Å². The van der Waals surface area contributed by atoms with Crippen LogP contribution in [0.2, 0.25) is 0 Å². The fraction of sp³-hybridized carbons (Fsp3) is 0.647. The normalized spacial score (nSPS) is 25.1. The minimum atomic E-state index is 0.260. The first-order chi connectivity index (χ1) is 8.45. The molecule has 0 spiro atoms. The largest absolute Gasteiger partial charge is 0.314 e. The molecule has 100 valence electrons. The minimum absolute atomic E-state index is 0.260. The lowest BCUT2D eigenvalue weighted by Crippen LogP contribution is -2.38. The average Bonchev–Trinajstić information content (AvgIpc) is 2.28. The molecule has 1 saturated heterocycles. The van der Waals surface area contributed by atoms with Crippen LogP contribution in [0.3, 0.4) is 0 Å². The lowest BCUT2D eigenvalue weighted by atomic mass is 9.85. The third-order valence-electron chi connectivity index (χ3n) is 4.06. The van der Waals surface area contributed by atoms with Crippen molar-refractivity contribution in [3.05, 3.63) is 35.4 Å². The summed E-state index contributed by atoms with van der Waals surface area (Å²) in [7, 11) is 0. The lowest BCUT2D eigenvalue weighted by molar-refractivity contribution is 0.318. The minimum Gasteiger partial charge on any atom is -0.314 e. The van der Waals surface area contributed by atoms with Gasteiger partial charge in [0.2, 0.25) is 0 Å². The molecule has 1 aromatic rings. The molecule has 0 aliphatic carbocycles. The van der Waals surface area contributed by atoms with Crippen molar-refractivity contribution in [1.82, 2.24) is 5.32 Å². The Hall–Kier alpha value is -0.820. The van der Waals surface area contributed by atoms with E-state index in [1.807, 2.05) is 0 Å². The molecule has 0 saturated carbocycles. The van der Waals surface area contributed by atoms with Crippen molar-refractivity contribution in [2.24, 2.45) is 5.92 Å². The zero-order chi connectivity index (χ0) is 13.2. The average molecular weight is 245 g/mol. The molecule has 0 radical (unpaired) electrons. The Labute approximate surface area is 112 Å². The van der Waals surface area contributed by atoms with E-state index in [0.29, 0.717) is 6.04 Å². The van der Waals surface area contributed by atoms with Crippen LogP contribution in [0.1, 0.15) is 51.7 Å². The summed E-state index contributed by atoms with van der Waals surface area (Å²) >= 11 is 0. The van der Waals surface area contributed by atoms with Gasteiger partial charge in [-0.25, -0.2) is 0 Å². The molecule has 0 aromatic heterocycles. The SMILES string of the molecule is CC1CCNC(Cc2ccc(C(C)(C)C)cc2)C1. The van der Waals surface area contributed by atoms with Crippen molar-refractivity contribution < 1.29 is 0 Å². The molecule has 1 N–H and O–H groups in total. The van der Waals surface area contributed by atoms with Crippen molar-refractivity contribution in [1.29, 1.82) is 0 Å². The topological polar surface area (TPSA) is 12.0 Å². The van der Waals surface area contributed by atoms with Crippen LogP contribution in [0.15, 0.2) is 24.3 Å². The van der Waals surface area contributed by atoms with Gasteiger partial charge in [0.25, 0.3) is 0 Å². The number of hydrogen-bond acceptors (Lipinski definition) is 1. The van der Waals surface area contributed by atoms with Crippen LogP contribution >= 0.6 is 0 Å². The number of piperidine rings is 1. The number of nitrogens with one attached hydrogen (secondary N) is 1. The van der Waals surface area contributed by atoms with Gasteiger partial charge in [0.05, 0.1) is 0 Å². The fourth-order valence-electron chi connectivity index (χ4n) is 2.80. The second-order valence-corrected chi connectivity index (χ2v) is 6.93. The first kappa shape index (κ1) is 13.6. The highest BCUT2D eigenvalue weighted by Gasteiger charge is 2.18.